The minimum atomic E-state index is -0.744. The Bertz CT molecular complexity index is 930. The van der Waals surface area contributed by atoms with Crippen LogP contribution in [0, 0.1) is 17.8 Å². The Hall–Kier alpha value is -1.93. The molecule has 2 N–H and O–H groups in total. The monoisotopic (exact) mass is 361 g/mol. The summed E-state index contributed by atoms with van der Waals surface area (Å²) >= 11 is 12.1. The summed E-state index contributed by atoms with van der Waals surface area (Å²) in [7, 11) is 0. The van der Waals surface area contributed by atoms with E-state index in [9.17, 15) is 5.11 Å². The van der Waals surface area contributed by atoms with Crippen molar-refractivity contribution in [3.63, 3.8) is 0 Å². The van der Waals surface area contributed by atoms with Gasteiger partial charge in [-0.05, 0) is 30.2 Å². The lowest BCUT2D eigenvalue weighted by molar-refractivity contribution is 0.184. The van der Waals surface area contributed by atoms with Crippen molar-refractivity contribution in [2.24, 2.45) is 0 Å². The van der Waals surface area contributed by atoms with Crippen LogP contribution in [-0.2, 0) is 13.1 Å². The molecule has 0 radical (unpaired) electrons. The van der Waals surface area contributed by atoms with Gasteiger partial charge in [0.25, 0.3) is 0 Å². The number of aromatic nitrogens is 2. The number of para-hydroxylation sites is 2. The summed E-state index contributed by atoms with van der Waals surface area (Å²) in [5, 5.41) is 19.3. The Morgan fingerprint density at radius 1 is 1.29 bits per heavy atom. The van der Waals surface area contributed by atoms with Gasteiger partial charge >= 0.3 is 0 Å². The first kappa shape index (κ1) is 16.9. The lowest BCUT2D eigenvalue weighted by Crippen LogP contribution is -2.30. The molecule has 0 amide bonds. The summed E-state index contributed by atoms with van der Waals surface area (Å²) in [5.41, 5.74) is 2.81. The number of alkyl halides is 1. The molecule has 24 heavy (non-hydrogen) atoms. The zero-order valence-electron chi connectivity index (χ0n) is 12.9. The van der Waals surface area contributed by atoms with Gasteiger partial charge in [-0.25, -0.2) is 0 Å². The number of hydrogen-bond acceptors (Lipinski definition) is 2. The van der Waals surface area contributed by atoms with E-state index in [0.29, 0.717) is 18.0 Å². The zero-order chi connectivity index (χ0) is 17.3. The van der Waals surface area contributed by atoms with E-state index in [1.165, 1.54) is 0 Å². The number of terminal acetylenes is 1. The van der Waals surface area contributed by atoms with Gasteiger partial charge in [0.2, 0.25) is 5.62 Å². The van der Waals surface area contributed by atoms with E-state index >= 15 is 0 Å². The predicted molar refractivity (Wildman–Crippen MR) is 96.9 cm³/mol. The van der Waals surface area contributed by atoms with Gasteiger partial charge in [0, 0.05) is 5.03 Å². The highest BCUT2D eigenvalue weighted by molar-refractivity contribution is 6.37. The Labute approximate surface area is 150 Å². The molecule has 0 saturated heterocycles. The molecule has 1 heterocycles. The van der Waals surface area contributed by atoms with E-state index in [0.717, 1.165) is 16.6 Å². The molecule has 1 aromatic carbocycles. The second-order valence-electron chi connectivity index (χ2n) is 5.69. The Morgan fingerprint density at radius 2 is 1.96 bits per heavy atom. The summed E-state index contributed by atoms with van der Waals surface area (Å²) in [6.45, 7) is 0.574. The fourth-order valence-corrected chi connectivity index (χ4v) is 3.32. The topological polar surface area (TPSA) is 53.9 Å². The van der Waals surface area contributed by atoms with Crippen molar-refractivity contribution in [3.05, 3.63) is 52.6 Å². The van der Waals surface area contributed by atoms with Crippen LogP contribution in [0.5, 0.6) is 0 Å². The quantitative estimate of drug-likeness (QED) is 0.638. The normalized spacial score (nSPS) is 18.8. The van der Waals surface area contributed by atoms with Crippen LogP contribution in [-0.4, -0.2) is 25.7 Å². The standard InChI is InChI=1S/C18H17Cl2N3O/c1-2-9-22-15-5-3-4-6-16(15)23(18(22)21)11-17(24)12-7-8-13(19)14(20)10-12/h1,3-8,14,17,21,24H,9-11H2. The van der Waals surface area contributed by atoms with Gasteiger partial charge in [-0.15, -0.1) is 18.0 Å². The summed E-state index contributed by atoms with van der Waals surface area (Å²) in [6.07, 6.45) is 8.69. The SMILES string of the molecule is C#CCn1c(=N)n(CC(O)C2=CC=C(Cl)C(Cl)C2)c2ccccc21. The molecule has 1 aliphatic rings. The van der Waals surface area contributed by atoms with Gasteiger partial charge in [-0.3, -0.25) is 9.98 Å². The van der Waals surface area contributed by atoms with Crippen LogP contribution in [0.1, 0.15) is 6.42 Å². The van der Waals surface area contributed by atoms with Gasteiger partial charge < -0.3 is 9.67 Å². The molecule has 0 bridgehead atoms. The maximum Gasteiger partial charge on any atom is 0.203 e. The number of aliphatic hydroxyl groups excluding tert-OH is 1. The fraction of sp³-hybridized carbons (Fsp3) is 0.278. The summed E-state index contributed by atoms with van der Waals surface area (Å²) in [6, 6.07) is 7.65. The van der Waals surface area contributed by atoms with Crippen LogP contribution in [0.25, 0.3) is 11.0 Å². The zero-order valence-corrected chi connectivity index (χ0v) is 14.4. The van der Waals surface area contributed by atoms with Crippen molar-refractivity contribution in [2.75, 3.05) is 0 Å². The molecule has 0 aliphatic heterocycles. The van der Waals surface area contributed by atoms with E-state index in [4.69, 9.17) is 35.0 Å². The number of hydrogen-bond donors (Lipinski definition) is 2. The molecule has 1 aliphatic carbocycles. The molecule has 0 spiro atoms. The highest BCUT2D eigenvalue weighted by Gasteiger charge is 2.22. The third-order valence-electron chi connectivity index (χ3n) is 4.18. The van der Waals surface area contributed by atoms with Crippen LogP contribution < -0.4 is 5.62 Å². The fourth-order valence-electron chi connectivity index (χ4n) is 2.93. The predicted octanol–water partition coefficient (Wildman–Crippen LogP) is 2.98. The maximum absolute atomic E-state index is 10.6. The second kappa shape index (κ2) is 6.90. The van der Waals surface area contributed by atoms with Crippen molar-refractivity contribution < 1.29 is 5.11 Å². The first-order chi connectivity index (χ1) is 11.5. The smallest absolute Gasteiger partial charge is 0.203 e. The number of allylic oxidation sites excluding steroid dienone is 3. The van der Waals surface area contributed by atoms with Crippen LogP contribution in [0.2, 0.25) is 0 Å². The van der Waals surface area contributed by atoms with Gasteiger partial charge in [0.1, 0.15) is 0 Å². The van der Waals surface area contributed by atoms with E-state index in [-0.39, 0.29) is 17.5 Å². The molecule has 3 rings (SSSR count). The molecule has 124 valence electrons. The van der Waals surface area contributed by atoms with E-state index in [1.807, 2.05) is 24.3 Å². The van der Waals surface area contributed by atoms with Crippen molar-refractivity contribution >= 4 is 34.2 Å². The molecule has 0 fully saturated rings. The highest BCUT2D eigenvalue weighted by Crippen LogP contribution is 2.28. The Morgan fingerprint density at radius 3 is 2.58 bits per heavy atom. The van der Waals surface area contributed by atoms with Crippen molar-refractivity contribution in [1.82, 2.24) is 9.13 Å². The molecule has 6 heteroatoms. The lowest BCUT2D eigenvalue weighted by atomic mass is 9.99. The molecule has 4 nitrogen and oxygen atoms in total. The van der Waals surface area contributed by atoms with Gasteiger partial charge in [-0.1, -0.05) is 35.7 Å². The number of benzene rings is 1. The average molecular weight is 362 g/mol. The summed E-state index contributed by atoms with van der Waals surface area (Å²) in [4.78, 5) is 0. The van der Waals surface area contributed by atoms with Crippen LogP contribution in [0.15, 0.2) is 47.0 Å². The summed E-state index contributed by atoms with van der Waals surface area (Å²) in [5.74, 6) is 2.57. The van der Waals surface area contributed by atoms with Gasteiger partial charge in [0.05, 0.1) is 35.6 Å². The maximum atomic E-state index is 10.6. The number of aliphatic hydroxyl groups is 1. The number of imidazole rings is 1. The van der Waals surface area contributed by atoms with Crippen molar-refractivity contribution in [1.29, 1.82) is 5.41 Å². The molecule has 1 aromatic heterocycles. The van der Waals surface area contributed by atoms with Crippen LogP contribution in [0.3, 0.4) is 0 Å². The third kappa shape index (κ3) is 3.03. The highest BCUT2D eigenvalue weighted by atomic mass is 35.5. The average Bonchev–Trinajstić information content (AvgIpc) is 2.83. The minimum absolute atomic E-state index is 0.262. The number of halogens is 2. The first-order valence-electron chi connectivity index (χ1n) is 7.57. The van der Waals surface area contributed by atoms with Crippen molar-refractivity contribution in [3.8, 4) is 12.3 Å². The second-order valence-corrected chi connectivity index (χ2v) is 6.66. The van der Waals surface area contributed by atoms with Gasteiger partial charge in [-0.2, -0.15) is 0 Å². The minimum Gasteiger partial charge on any atom is -0.387 e. The van der Waals surface area contributed by atoms with Gasteiger partial charge in [0.15, 0.2) is 0 Å². The third-order valence-corrected chi connectivity index (χ3v) is 5.07. The number of fused-ring (bicyclic) bond motifs is 1. The van der Waals surface area contributed by atoms with Crippen LogP contribution >= 0.6 is 23.2 Å². The van der Waals surface area contributed by atoms with Crippen molar-refractivity contribution in [2.45, 2.75) is 31.0 Å². The largest absolute Gasteiger partial charge is 0.387 e. The van der Waals surface area contributed by atoms with E-state index < -0.39 is 6.10 Å². The molecule has 2 unspecified atom stereocenters. The molecular weight excluding hydrogens is 345 g/mol. The number of nitrogens with one attached hydrogen (secondary N) is 1. The first-order valence-corrected chi connectivity index (χ1v) is 8.38. The lowest BCUT2D eigenvalue weighted by Gasteiger charge is -2.21. The molecule has 2 aromatic rings. The molecule has 0 saturated carbocycles. The van der Waals surface area contributed by atoms with E-state index in [2.05, 4.69) is 5.92 Å². The number of rotatable bonds is 4. The number of nitrogens with zero attached hydrogens (tertiary/aromatic N) is 2. The van der Waals surface area contributed by atoms with Crippen LogP contribution in [0.4, 0.5) is 0 Å². The Balaban J connectivity index is 1.98. The van der Waals surface area contributed by atoms with E-state index in [1.54, 1.807) is 21.3 Å². The Kier molecular flexibility index (Phi) is 4.86. The molecule has 2 atom stereocenters. The summed E-state index contributed by atoms with van der Waals surface area (Å²) < 4.78 is 3.51. The molecular formula is C18H17Cl2N3O.